The molecule has 3 heterocycles. The summed E-state index contributed by atoms with van der Waals surface area (Å²) in [6, 6.07) is 12.3. The molecule has 0 fully saturated rings. The molecule has 1 atom stereocenters. The minimum Gasteiger partial charge on any atom is -0.509 e. The van der Waals surface area contributed by atoms with Crippen LogP contribution in [-0.2, 0) is 37.9 Å². The minimum absolute atomic E-state index is 0.0477. The van der Waals surface area contributed by atoms with Gasteiger partial charge in [0.25, 0.3) is 15.9 Å². The Kier molecular flexibility index (Phi) is 6.97. The summed E-state index contributed by atoms with van der Waals surface area (Å²) >= 11 is 1.03. The van der Waals surface area contributed by atoms with Gasteiger partial charge in [0.2, 0.25) is 10.0 Å². The molecule has 9 nitrogen and oxygen atoms in total. The molecule has 1 aromatic heterocycles. The molecule has 3 aromatic rings. The molecule has 0 saturated carbocycles. The Hall–Kier alpha value is -3.39. The van der Waals surface area contributed by atoms with Crippen LogP contribution in [0.5, 0.6) is 0 Å². The highest BCUT2D eigenvalue weighted by atomic mass is 32.2. The van der Waals surface area contributed by atoms with Gasteiger partial charge in [0.05, 0.1) is 6.04 Å². The van der Waals surface area contributed by atoms with Gasteiger partial charge in [-0.2, -0.15) is 12.8 Å². The van der Waals surface area contributed by atoms with Gasteiger partial charge in [0.1, 0.15) is 32.0 Å². The lowest BCUT2D eigenvalue weighted by Crippen LogP contribution is -2.43. The average molecular weight is 604 g/mol. The number of carbonyl (C=O) groups is 1. The van der Waals surface area contributed by atoms with Crippen LogP contribution in [0.4, 0.5) is 4.39 Å². The summed E-state index contributed by atoms with van der Waals surface area (Å²) in [5, 5.41) is 13.0. The molecule has 210 valence electrons. The number of nitrogens with one attached hydrogen (secondary N) is 1. The zero-order chi connectivity index (χ0) is 29.0. The average Bonchev–Trinajstić information content (AvgIpc) is 3.56. The first-order valence-corrected chi connectivity index (χ1v) is 16.0. The van der Waals surface area contributed by atoms with E-state index >= 15 is 0 Å². The molecule has 2 N–H and O–H groups in total. The number of nitrogens with zero attached hydrogens (tertiary/aromatic N) is 2. The van der Waals surface area contributed by atoms with Crippen molar-refractivity contribution in [1.82, 2.24) is 9.62 Å². The molecule has 0 radical (unpaired) electrons. The maximum atomic E-state index is 13.8. The second-order valence-corrected chi connectivity index (χ2v) is 15.0. The molecular weight excluding hydrogens is 578 g/mol. The first kappa shape index (κ1) is 28.1. The van der Waals surface area contributed by atoms with Gasteiger partial charge >= 0.3 is 0 Å². The number of fused-ring (bicyclic) bond motifs is 1. The summed E-state index contributed by atoms with van der Waals surface area (Å²) in [5.74, 6) is -1.36. The zero-order valence-electron chi connectivity index (χ0n) is 21.8. The van der Waals surface area contributed by atoms with E-state index < -0.39 is 43.2 Å². The van der Waals surface area contributed by atoms with E-state index in [0.29, 0.717) is 5.56 Å². The molecule has 0 saturated heterocycles. The van der Waals surface area contributed by atoms with Crippen LogP contribution >= 0.6 is 11.3 Å². The van der Waals surface area contributed by atoms with Crippen LogP contribution in [0, 0.1) is 11.2 Å². The number of thiophene rings is 1. The largest absolute Gasteiger partial charge is 0.509 e. The normalized spacial score (nSPS) is 18.8. The van der Waals surface area contributed by atoms with Crippen molar-refractivity contribution in [2.75, 3.05) is 0 Å². The molecule has 2 aromatic carbocycles. The molecular formula is C27H26FN3O6S3. The minimum atomic E-state index is -4.33. The lowest BCUT2D eigenvalue weighted by Gasteiger charge is -2.35. The maximum Gasteiger partial charge on any atom is 0.283 e. The third-order valence-corrected chi connectivity index (χ3v) is 10.9. The van der Waals surface area contributed by atoms with Crippen molar-refractivity contribution in [3.63, 3.8) is 0 Å². The summed E-state index contributed by atoms with van der Waals surface area (Å²) < 4.78 is 71.7. The number of aliphatic hydroxyl groups excluding tert-OH is 1. The van der Waals surface area contributed by atoms with Crippen LogP contribution in [0.15, 0.2) is 84.8 Å². The number of aliphatic hydroxyl groups is 1. The fraction of sp³-hybridized carbons (Fsp3) is 0.259. The molecule has 0 spiro atoms. The third-order valence-electron chi connectivity index (χ3n) is 6.66. The number of amides is 1. The molecule has 0 aliphatic carbocycles. The first-order valence-electron chi connectivity index (χ1n) is 12.2. The summed E-state index contributed by atoms with van der Waals surface area (Å²) in [6.07, 6.45) is 0. The van der Waals surface area contributed by atoms with Crippen LogP contribution < -0.4 is 4.72 Å². The van der Waals surface area contributed by atoms with Gasteiger partial charge in [0, 0.05) is 18.7 Å². The molecule has 2 aliphatic heterocycles. The van der Waals surface area contributed by atoms with Crippen molar-refractivity contribution in [3.8, 4) is 0 Å². The number of hydrogen-bond acceptors (Lipinski definition) is 7. The smallest absolute Gasteiger partial charge is 0.283 e. The van der Waals surface area contributed by atoms with Crippen molar-refractivity contribution in [1.29, 1.82) is 0 Å². The van der Waals surface area contributed by atoms with E-state index in [9.17, 15) is 31.1 Å². The monoisotopic (exact) mass is 603 g/mol. The first-order chi connectivity index (χ1) is 18.7. The number of halogens is 1. The molecule has 40 heavy (non-hydrogen) atoms. The maximum absolute atomic E-state index is 13.8. The number of hydrogen-bond donors (Lipinski definition) is 2. The van der Waals surface area contributed by atoms with Gasteiger partial charge in [-0.3, -0.25) is 4.79 Å². The van der Waals surface area contributed by atoms with E-state index in [2.05, 4.69) is 9.12 Å². The summed E-state index contributed by atoms with van der Waals surface area (Å²) in [5.41, 5.74) is -0.210. The molecule has 5 rings (SSSR count). The van der Waals surface area contributed by atoms with E-state index in [1.54, 1.807) is 17.5 Å². The van der Waals surface area contributed by atoms with Crippen LogP contribution in [0.25, 0.3) is 0 Å². The number of rotatable bonds is 7. The zero-order valence-corrected chi connectivity index (χ0v) is 24.2. The lowest BCUT2D eigenvalue weighted by atomic mass is 9.84. The van der Waals surface area contributed by atoms with Crippen LogP contribution in [-0.4, -0.2) is 44.5 Å². The van der Waals surface area contributed by atoms with Crippen LogP contribution in [0.3, 0.4) is 0 Å². The fourth-order valence-electron chi connectivity index (χ4n) is 4.98. The van der Waals surface area contributed by atoms with Crippen LogP contribution in [0.2, 0.25) is 0 Å². The number of benzene rings is 2. The molecule has 0 unspecified atom stereocenters. The molecule has 1 amide bonds. The second-order valence-electron chi connectivity index (χ2n) is 10.6. The Morgan fingerprint density at radius 2 is 1.80 bits per heavy atom. The Morgan fingerprint density at radius 3 is 2.42 bits per heavy atom. The molecule has 13 heteroatoms. The van der Waals surface area contributed by atoms with E-state index in [1.807, 2.05) is 20.8 Å². The second kappa shape index (κ2) is 9.91. The summed E-state index contributed by atoms with van der Waals surface area (Å²) in [7, 11) is -8.20. The number of carbonyl (C=O) groups excluding carboxylic acids is 1. The predicted octanol–water partition coefficient (Wildman–Crippen LogP) is 4.13. The highest BCUT2D eigenvalue weighted by Crippen LogP contribution is 2.41. The van der Waals surface area contributed by atoms with Crippen molar-refractivity contribution in [3.05, 3.63) is 93.8 Å². The molecule has 2 aliphatic rings. The van der Waals surface area contributed by atoms with Gasteiger partial charge < -0.3 is 10.0 Å². The van der Waals surface area contributed by atoms with Gasteiger partial charge in [-0.05, 0) is 40.1 Å². The van der Waals surface area contributed by atoms with E-state index in [1.165, 1.54) is 47.4 Å². The third kappa shape index (κ3) is 4.98. The Morgan fingerprint density at radius 1 is 1.10 bits per heavy atom. The Bertz CT molecular complexity index is 1770. The van der Waals surface area contributed by atoms with E-state index in [4.69, 9.17) is 0 Å². The SMILES string of the molecule is CC(C)(C)[C@H]1C(O)=C(C2=NS(=O)(=O)c3c(CNS(=O)(=O)c4cccs4)cccc32)C(=O)N1Cc1ccc(F)cc1. The Balaban J connectivity index is 1.53. The fourth-order valence-corrected chi connectivity index (χ4v) is 8.45. The highest BCUT2D eigenvalue weighted by molar-refractivity contribution is 7.91. The van der Waals surface area contributed by atoms with Crippen LogP contribution in [0.1, 0.15) is 37.5 Å². The van der Waals surface area contributed by atoms with Crippen molar-refractivity contribution >= 4 is 43.0 Å². The predicted molar refractivity (Wildman–Crippen MR) is 148 cm³/mol. The van der Waals surface area contributed by atoms with Crippen molar-refractivity contribution in [2.45, 2.75) is 49.0 Å². The van der Waals surface area contributed by atoms with Gasteiger partial charge in [-0.1, -0.05) is 57.2 Å². The summed E-state index contributed by atoms with van der Waals surface area (Å²) in [6.45, 7) is 5.22. The van der Waals surface area contributed by atoms with Crippen molar-refractivity contribution < 1.29 is 31.1 Å². The standard InChI is InChI=1S/C27H26FN3O6S3/c1-27(2,3)25-23(32)21(26(33)31(25)15-16-9-11-18(28)12-10-16)22-19-7-4-6-17(24(19)40(36,37)30-22)14-29-39(34,35)20-8-5-13-38-20/h4-13,25,29,32H,14-15H2,1-3H3/t25-/m1/s1. The number of sulfonamides is 2. The molecule has 0 bridgehead atoms. The lowest BCUT2D eigenvalue weighted by molar-refractivity contribution is -0.129. The van der Waals surface area contributed by atoms with E-state index in [-0.39, 0.29) is 50.4 Å². The van der Waals surface area contributed by atoms with Gasteiger partial charge in [0.15, 0.2) is 0 Å². The highest BCUT2D eigenvalue weighted by Gasteiger charge is 2.49. The van der Waals surface area contributed by atoms with E-state index in [0.717, 1.165) is 11.3 Å². The Labute approximate surface area is 235 Å². The topological polar surface area (TPSA) is 133 Å². The van der Waals surface area contributed by atoms with Gasteiger partial charge in [-0.25, -0.2) is 17.5 Å². The van der Waals surface area contributed by atoms with Gasteiger partial charge in [-0.15, -0.1) is 11.3 Å². The van der Waals surface area contributed by atoms with Crippen molar-refractivity contribution in [2.24, 2.45) is 9.81 Å². The quantitative estimate of drug-likeness (QED) is 0.417. The summed E-state index contributed by atoms with van der Waals surface area (Å²) in [4.78, 5) is 15.0.